The minimum atomic E-state index is -1.23. The van der Waals surface area contributed by atoms with Crippen molar-refractivity contribution in [2.45, 2.75) is 39.5 Å². The number of fused-ring (bicyclic) bond motifs is 2. The molecule has 0 amide bonds. The fraction of sp³-hybridized carbons (Fsp3) is 0.750. The third-order valence-corrected chi connectivity index (χ3v) is 8.57. The Morgan fingerprint density at radius 3 is 2.93 bits per heavy atom. The van der Waals surface area contributed by atoms with E-state index in [1.54, 1.807) is 0 Å². The Kier molecular flexibility index (Phi) is 3.62. The van der Waals surface area contributed by atoms with Crippen molar-refractivity contribution in [1.82, 2.24) is 0 Å². The molecule has 0 heterocycles. The third kappa shape index (κ3) is 1.95. The van der Waals surface area contributed by atoms with Crippen LogP contribution in [0.2, 0.25) is 0 Å². The standard InChI is InChI=1S/C12H17O.ClH.Hg/c1-8-6-7-12(3)9(2)4-5-10(8)11(12)13;;/h1,9-10H,4-7H2,2-3H3;1H;/q;;+1/p-1/t9-,10+,12+;;/m1../s1. The molecule has 80 valence electrons. The SMILES string of the molecule is C[C@@H]1CC[C@@H]2C(=O)[C@@]1(C)CC/C2=[CH]\[Hg][Cl]. The summed E-state index contributed by atoms with van der Waals surface area (Å²) in [6, 6.07) is 0. The van der Waals surface area contributed by atoms with Crippen LogP contribution in [0.15, 0.2) is 9.16 Å². The molecule has 0 spiro atoms. The van der Waals surface area contributed by atoms with E-state index in [2.05, 4.69) is 17.4 Å². The van der Waals surface area contributed by atoms with Gasteiger partial charge in [-0.25, -0.2) is 0 Å². The van der Waals surface area contributed by atoms with Crippen LogP contribution >= 0.6 is 8.25 Å². The van der Waals surface area contributed by atoms with E-state index in [0.29, 0.717) is 11.7 Å². The van der Waals surface area contributed by atoms with Crippen LogP contribution in [0.25, 0.3) is 0 Å². The van der Waals surface area contributed by atoms with Crippen LogP contribution in [0.3, 0.4) is 0 Å². The zero-order valence-electron chi connectivity index (χ0n) is 9.55. The van der Waals surface area contributed by atoms with Gasteiger partial charge >= 0.3 is 108 Å². The van der Waals surface area contributed by atoms with E-state index < -0.39 is 23.3 Å². The van der Waals surface area contributed by atoms with Crippen LogP contribution in [0.4, 0.5) is 0 Å². The van der Waals surface area contributed by atoms with E-state index in [1.165, 1.54) is 12.0 Å². The van der Waals surface area contributed by atoms with Gasteiger partial charge in [-0.15, -0.1) is 0 Å². The molecular weight excluding hydrogens is 396 g/mol. The molecule has 2 aliphatic carbocycles. The Hall–Kier alpha value is 0.635. The monoisotopic (exact) mass is 414 g/mol. The molecule has 0 N–H and O–H groups in total. The van der Waals surface area contributed by atoms with Gasteiger partial charge in [-0.1, -0.05) is 0 Å². The molecule has 2 fully saturated rings. The van der Waals surface area contributed by atoms with Gasteiger partial charge in [-0.05, 0) is 0 Å². The zero-order valence-corrected chi connectivity index (χ0v) is 15.8. The summed E-state index contributed by atoms with van der Waals surface area (Å²) in [6.45, 7) is 4.41. The summed E-state index contributed by atoms with van der Waals surface area (Å²) >= 11 is -1.23. The second-order valence-electron chi connectivity index (χ2n) is 5.25. The molecule has 2 rings (SSSR count). The minimum absolute atomic E-state index is 0.0243. The van der Waals surface area contributed by atoms with Crippen molar-refractivity contribution in [3.63, 3.8) is 0 Å². The molecule has 0 aliphatic heterocycles. The van der Waals surface area contributed by atoms with E-state index >= 15 is 0 Å². The normalized spacial score (nSPS) is 42.9. The first-order valence-corrected chi connectivity index (χ1v) is 15.8. The van der Waals surface area contributed by atoms with E-state index in [0.717, 1.165) is 19.3 Å². The second kappa shape index (κ2) is 4.48. The molecule has 2 aliphatic rings. The van der Waals surface area contributed by atoms with Gasteiger partial charge in [0.2, 0.25) is 0 Å². The molecule has 0 aromatic heterocycles. The summed E-state index contributed by atoms with van der Waals surface area (Å²) in [5.74, 6) is 1.33. The fourth-order valence-electron chi connectivity index (χ4n) is 3.15. The number of Topliss-reactive ketones (excluding diaryl/α,β-unsaturated/α-hetero) is 1. The molecule has 0 saturated heterocycles. The number of allylic oxidation sites excluding steroid dienone is 1. The summed E-state index contributed by atoms with van der Waals surface area (Å²) in [5, 5.41) is 0. The zero-order chi connectivity index (χ0) is 11.1. The van der Waals surface area contributed by atoms with Crippen LogP contribution in [0.5, 0.6) is 0 Å². The van der Waals surface area contributed by atoms with Crippen LogP contribution < -0.4 is 0 Å². The molecule has 2 saturated carbocycles. The second-order valence-corrected chi connectivity index (χ2v) is 10.7. The number of halogens is 1. The van der Waals surface area contributed by atoms with E-state index in [1.807, 2.05) is 0 Å². The van der Waals surface area contributed by atoms with Crippen molar-refractivity contribution in [2.24, 2.45) is 17.3 Å². The summed E-state index contributed by atoms with van der Waals surface area (Å²) in [7, 11) is 5.96. The van der Waals surface area contributed by atoms with Gasteiger partial charge in [0, 0.05) is 0 Å². The molecule has 3 atom stereocenters. The number of hydrogen-bond acceptors (Lipinski definition) is 1. The van der Waals surface area contributed by atoms with Crippen molar-refractivity contribution < 1.29 is 28.1 Å². The molecule has 0 unspecified atom stereocenters. The number of ketones is 1. The van der Waals surface area contributed by atoms with Gasteiger partial charge in [0.1, 0.15) is 0 Å². The van der Waals surface area contributed by atoms with Gasteiger partial charge in [0.15, 0.2) is 0 Å². The van der Waals surface area contributed by atoms with Crippen molar-refractivity contribution >= 4 is 14.0 Å². The van der Waals surface area contributed by atoms with Crippen molar-refractivity contribution in [3.05, 3.63) is 9.16 Å². The number of carbonyl (C=O) groups excluding carboxylic acids is 1. The number of hydrogen-bond donors (Lipinski definition) is 0. The molecule has 2 bridgehead atoms. The quantitative estimate of drug-likeness (QED) is 0.602. The molecular formula is C12H17ClHgO. The fourth-order valence-corrected chi connectivity index (χ4v) is 7.56. The molecule has 3 heteroatoms. The summed E-state index contributed by atoms with van der Waals surface area (Å²) in [5.41, 5.74) is 1.38. The first-order chi connectivity index (χ1) is 7.09. The maximum absolute atomic E-state index is 12.4. The average molecular weight is 413 g/mol. The molecule has 0 radical (unpaired) electrons. The van der Waals surface area contributed by atoms with Crippen molar-refractivity contribution in [3.8, 4) is 0 Å². The van der Waals surface area contributed by atoms with E-state index in [9.17, 15) is 4.79 Å². The molecule has 15 heavy (non-hydrogen) atoms. The first-order valence-electron chi connectivity index (χ1n) is 5.89. The molecule has 1 nitrogen and oxygen atoms in total. The Balaban J connectivity index is 2.29. The van der Waals surface area contributed by atoms with E-state index in [4.69, 9.17) is 8.25 Å². The Bertz CT molecular complexity index is 313. The molecule has 0 aromatic rings. The van der Waals surface area contributed by atoms with Crippen LogP contribution in [-0.4, -0.2) is 5.78 Å². The van der Waals surface area contributed by atoms with Crippen LogP contribution in [0.1, 0.15) is 39.5 Å². The van der Waals surface area contributed by atoms with Crippen molar-refractivity contribution in [2.75, 3.05) is 0 Å². The maximum atomic E-state index is 12.4. The predicted octanol–water partition coefficient (Wildman–Crippen LogP) is 3.52. The van der Waals surface area contributed by atoms with Gasteiger partial charge in [-0.3, -0.25) is 0 Å². The van der Waals surface area contributed by atoms with Gasteiger partial charge < -0.3 is 0 Å². The number of rotatable bonds is 1. The summed E-state index contributed by atoms with van der Waals surface area (Å²) in [6.07, 6.45) is 4.47. The summed E-state index contributed by atoms with van der Waals surface area (Å²) in [4.78, 5) is 12.4. The molecule has 0 aromatic carbocycles. The van der Waals surface area contributed by atoms with Crippen LogP contribution in [-0.2, 0) is 28.1 Å². The van der Waals surface area contributed by atoms with Crippen molar-refractivity contribution in [1.29, 1.82) is 0 Å². The average Bonchev–Trinajstić information content (AvgIpc) is 2.21. The van der Waals surface area contributed by atoms with Gasteiger partial charge in [0.25, 0.3) is 0 Å². The topological polar surface area (TPSA) is 17.1 Å². The summed E-state index contributed by atoms with van der Waals surface area (Å²) < 4.78 is 2.28. The first kappa shape index (κ1) is 12.1. The Morgan fingerprint density at radius 1 is 1.53 bits per heavy atom. The van der Waals surface area contributed by atoms with E-state index in [-0.39, 0.29) is 11.3 Å². The van der Waals surface area contributed by atoms with Crippen LogP contribution in [0, 0.1) is 17.3 Å². The third-order valence-electron chi connectivity index (χ3n) is 4.58. The Morgan fingerprint density at radius 2 is 2.27 bits per heavy atom. The Labute approximate surface area is 108 Å². The number of carbonyl (C=O) groups is 1. The predicted molar refractivity (Wildman–Crippen MR) is 58.2 cm³/mol. The van der Waals surface area contributed by atoms with Gasteiger partial charge in [-0.2, -0.15) is 0 Å². The van der Waals surface area contributed by atoms with Gasteiger partial charge in [0.05, 0.1) is 0 Å².